The molecule has 0 heterocycles. The van der Waals surface area contributed by atoms with Gasteiger partial charge in [0.2, 0.25) is 0 Å². The molecule has 0 aromatic rings. The van der Waals surface area contributed by atoms with Gasteiger partial charge in [-0.15, -0.1) is 0 Å². The molecule has 2 N–H and O–H groups in total. The van der Waals surface area contributed by atoms with E-state index in [0.717, 1.165) is 4.89 Å². The summed E-state index contributed by atoms with van der Waals surface area (Å²) in [6.07, 6.45) is 0. The van der Waals surface area contributed by atoms with Gasteiger partial charge < -0.3 is 0 Å². The Morgan fingerprint density at radius 1 is 1.71 bits per heavy atom. The van der Waals surface area contributed by atoms with Crippen LogP contribution in [0.15, 0.2) is 0 Å². The highest BCUT2D eigenvalue weighted by molar-refractivity contribution is 7.83. The number of nitrogens with one attached hydrogen (secondary N) is 1. The third-order valence-electron chi connectivity index (χ3n) is 0.137. The van der Waals surface area contributed by atoms with Crippen molar-refractivity contribution in [1.82, 2.24) is 4.89 Å². The molecule has 0 rings (SSSR count). The van der Waals surface area contributed by atoms with Gasteiger partial charge in [-0.1, -0.05) is 4.89 Å². The Morgan fingerprint density at radius 3 is 2.14 bits per heavy atom. The molecule has 0 aromatic carbocycles. The van der Waals surface area contributed by atoms with Crippen molar-refractivity contribution < 1.29 is 17.4 Å². The Kier molecular flexibility index (Phi) is 2.47. The van der Waals surface area contributed by atoms with Gasteiger partial charge in [0.25, 0.3) is 0 Å². The van der Waals surface area contributed by atoms with E-state index < -0.39 is 10.3 Å². The molecule has 0 aliphatic rings. The lowest BCUT2D eigenvalue weighted by Crippen LogP contribution is -2.18. The molecule has 0 saturated heterocycles. The summed E-state index contributed by atoms with van der Waals surface area (Å²) in [5, 5.41) is 0. The average Bonchev–Trinajstić information content (AvgIpc) is 1.30. The number of halogens is 1. The van der Waals surface area contributed by atoms with Gasteiger partial charge >= 0.3 is 10.3 Å². The largest absolute Gasteiger partial charge is 0.357 e. The van der Waals surface area contributed by atoms with Gasteiger partial charge in [-0.2, -0.15) is 12.8 Å². The minimum atomic E-state index is -4.28. The molecule has 0 fully saturated rings. The van der Waals surface area contributed by atoms with Crippen molar-refractivity contribution in [2.24, 2.45) is 0 Å². The summed E-state index contributed by atoms with van der Waals surface area (Å²) in [5.74, 6) is 0. The van der Waals surface area contributed by atoms with E-state index in [1.54, 1.807) is 0 Å². The minimum absolute atomic E-state index is 1.08. The Labute approximate surface area is 45.2 Å². The summed E-state index contributed by atoms with van der Waals surface area (Å²) in [5.41, 5.74) is 0. The highest BCUT2D eigenvalue weighted by atomic mass is 35.5. The lowest BCUT2D eigenvalue weighted by Gasteiger charge is -1.87. The first-order valence-corrected chi connectivity index (χ1v) is 2.83. The summed E-state index contributed by atoms with van der Waals surface area (Å²) >= 11 is 4.34. The maximum absolute atomic E-state index is 9.47. The number of hydrogen-bond donors (Lipinski definition) is 2. The molecule has 0 aliphatic heterocycles. The van der Waals surface area contributed by atoms with Crippen LogP contribution in [0.25, 0.3) is 0 Å². The van der Waals surface area contributed by atoms with Crippen molar-refractivity contribution in [2.75, 3.05) is 0 Å². The fourth-order valence-corrected chi connectivity index (χ4v) is 0.358. The van der Waals surface area contributed by atoms with E-state index in [-0.39, 0.29) is 0 Å². The molecule has 0 atom stereocenters. The lowest BCUT2D eigenvalue weighted by molar-refractivity contribution is 0.277. The third kappa shape index (κ3) is 6.12. The first kappa shape index (κ1) is 7.12. The normalized spacial score (nSPS) is 11.7. The van der Waals surface area contributed by atoms with Crippen LogP contribution in [0.5, 0.6) is 0 Å². The highest BCUT2D eigenvalue weighted by Gasteiger charge is 1.98. The predicted molar refractivity (Wildman–Crippen MR) is 21.6 cm³/mol. The van der Waals surface area contributed by atoms with E-state index in [2.05, 4.69) is 16.3 Å². The van der Waals surface area contributed by atoms with Crippen LogP contribution >= 0.6 is 11.9 Å². The van der Waals surface area contributed by atoms with E-state index >= 15 is 0 Å². The van der Waals surface area contributed by atoms with Crippen molar-refractivity contribution in [2.45, 2.75) is 0 Å². The van der Waals surface area contributed by atoms with Gasteiger partial charge in [-0.05, 0) is 0 Å². The Morgan fingerprint density at radius 2 is 2.14 bits per heavy atom. The van der Waals surface area contributed by atoms with Crippen LogP contribution in [-0.2, 0) is 14.7 Å². The van der Waals surface area contributed by atoms with Gasteiger partial charge in [0.15, 0.2) is 0 Å². The van der Waals surface area contributed by atoms with Crippen molar-refractivity contribution in [3.05, 3.63) is 0 Å². The van der Waals surface area contributed by atoms with Crippen LogP contribution in [0.3, 0.4) is 0 Å². The SMILES string of the molecule is O=S(=O)(O)NOCl. The van der Waals surface area contributed by atoms with Crippen LogP contribution < -0.4 is 4.89 Å². The van der Waals surface area contributed by atoms with Crippen LogP contribution in [0.4, 0.5) is 0 Å². The van der Waals surface area contributed by atoms with Gasteiger partial charge in [-0.25, -0.2) is 0 Å². The van der Waals surface area contributed by atoms with Crippen molar-refractivity contribution in [1.29, 1.82) is 0 Å². The topological polar surface area (TPSA) is 75.6 Å². The highest BCUT2D eigenvalue weighted by Crippen LogP contribution is 1.75. The van der Waals surface area contributed by atoms with Crippen LogP contribution in [0.2, 0.25) is 0 Å². The van der Waals surface area contributed by atoms with Gasteiger partial charge in [0, 0.05) is 0 Å². The van der Waals surface area contributed by atoms with Crippen molar-refractivity contribution in [3.8, 4) is 0 Å². The second-order valence-electron chi connectivity index (χ2n) is 0.636. The fraction of sp³-hybridized carbons (Fsp3) is 0. The van der Waals surface area contributed by atoms with Gasteiger partial charge in [0.05, 0.1) is 11.9 Å². The Bertz CT molecular complexity index is 125. The second-order valence-corrected chi connectivity index (χ2v) is 1.91. The summed E-state index contributed by atoms with van der Waals surface area (Å²) in [7, 11) is -4.28. The van der Waals surface area contributed by atoms with Crippen LogP contribution in [-0.4, -0.2) is 13.0 Å². The Balaban J connectivity index is 3.60. The molecule has 0 radical (unpaired) electrons. The van der Waals surface area contributed by atoms with Gasteiger partial charge in [-0.3, -0.25) is 4.55 Å². The van der Waals surface area contributed by atoms with E-state index in [9.17, 15) is 8.42 Å². The molecular formula is H2ClNO4S. The maximum atomic E-state index is 9.47. The van der Waals surface area contributed by atoms with Crippen LogP contribution in [0, 0.1) is 0 Å². The Hall–Kier alpha value is 0.120. The molecule has 5 nitrogen and oxygen atoms in total. The first-order valence-electron chi connectivity index (χ1n) is 1.08. The molecule has 0 spiro atoms. The molecule has 0 aliphatic carbocycles. The third-order valence-corrected chi connectivity index (χ3v) is 0.599. The molecule has 0 unspecified atom stereocenters. The zero-order chi connectivity index (χ0) is 5.91. The first-order chi connectivity index (χ1) is 3.06. The van der Waals surface area contributed by atoms with E-state index in [0.29, 0.717) is 0 Å². The van der Waals surface area contributed by atoms with Crippen molar-refractivity contribution >= 4 is 22.2 Å². The molecule has 7 heteroatoms. The molecule has 0 aromatic heterocycles. The molecule has 0 amide bonds. The molecule has 0 bridgehead atoms. The molecular weight excluding hydrogens is 146 g/mol. The van der Waals surface area contributed by atoms with Crippen molar-refractivity contribution in [3.63, 3.8) is 0 Å². The van der Waals surface area contributed by atoms with E-state index in [4.69, 9.17) is 4.55 Å². The number of rotatable bonds is 2. The minimum Gasteiger partial charge on any atom is -0.272 e. The predicted octanol–water partition coefficient (Wildman–Crippen LogP) is -0.536. The standard InChI is InChI=1S/ClH2NO4S/c1-6-2-7(3,4)5/h2H,(H,3,4,5). The fourth-order valence-electron chi connectivity index (χ4n) is 0.0398. The monoisotopic (exact) mass is 147 g/mol. The summed E-state index contributed by atoms with van der Waals surface area (Å²) in [6.45, 7) is 0. The zero-order valence-corrected chi connectivity index (χ0v) is 4.53. The summed E-state index contributed by atoms with van der Waals surface area (Å²) < 4.78 is 29.9. The molecule has 0 saturated carbocycles. The molecule has 7 heavy (non-hydrogen) atoms. The smallest absolute Gasteiger partial charge is 0.272 e. The quantitative estimate of drug-likeness (QED) is 0.407. The second kappa shape index (κ2) is 2.43. The lowest BCUT2D eigenvalue weighted by atomic mass is 13.5. The van der Waals surface area contributed by atoms with E-state index in [1.165, 1.54) is 0 Å². The molecule has 44 valence electrons. The van der Waals surface area contributed by atoms with E-state index in [1.807, 2.05) is 0 Å². The zero-order valence-electron chi connectivity index (χ0n) is 2.96. The number of hydrogen-bond acceptors (Lipinski definition) is 3. The summed E-state index contributed by atoms with van der Waals surface area (Å²) in [6, 6.07) is 0. The summed E-state index contributed by atoms with van der Waals surface area (Å²) in [4.78, 5) is 1.08. The van der Waals surface area contributed by atoms with Crippen LogP contribution in [0.1, 0.15) is 0 Å². The van der Waals surface area contributed by atoms with Gasteiger partial charge in [0.1, 0.15) is 0 Å². The maximum Gasteiger partial charge on any atom is 0.357 e. The average molecular weight is 148 g/mol.